The minimum Gasteiger partial charge on any atom is -0.480 e. The monoisotopic (exact) mass is 323 g/mol. The van der Waals surface area contributed by atoms with Gasteiger partial charge >= 0.3 is 13.1 Å². The third-order valence-corrected chi connectivity index (χ3v) is 6.51. The van der Waals surface area contributed by atoms with E-state index in [-0.39, 0.29) is 22.5 Å². The third-order valence-electron chi connectivity index (χ3n) is 6.51. The Hall–Kier alpha value is -1.08. The van der Waals surface area contributed by atoms with Gasteiger partial charge in [0.25, 0.3) is 0 Å². The van der Waals surface area contributed by atoms with E-state index in [4.69, 9.17) is 9.31 Å². The van der Waals surface area contributed by atoms with Crippen LogP contribution in [0.15, 0.2) is 0 Å². The first-order valence-corrected chi connectivity index (χ1v) is 8.47. The van der Waals surface area contributed by atoms with Crippen LogP contribution < -0.4 is 5.32 Å². The van der Waals surface area contributed by atoms with E-state index in [0.29, 0.717) is 18.7 Å². The molecule has 0 aromatic rings. The second kappa shape index (κ2) is 5.21. The molecule has 1 unspecified atom stereocenters. The third kappa shape index (κ3) is 2.31. The Bertz CT molecular complexity index is 539. The zero-order chi connectivity index (χ0) is 17.0. The van der Waals surface area contributed by atoms with Gasteiger partial charge in [0.05, 0.1) is 11.2 Å². The number of nitrogens with one attached hydrogen (secondary N) is 1. The minimum absolute atomic E-state index is 0.0958. The van der Waals surface area contributed by atoms with E-state index < -0.39 is 19.1 Å². The van der Waals surface area contributed by atoms with Crippen molar-refractivity contribution >= 4 is 19.0 Å². The first kappa shape index (κ1) is 16.8. The average Bonchev–Trinajstić information content (AvgIpc) is 2.77. The van der Waals surface area contributed by atoms with Crippen LogP contribution in [0.1, 0.15) is 53.4 Å². The fraction of sp³-hybridized carbons (Fsp3) is 0.875. The van der Waals surface area contributed by atoms with E-state index in [1.54, 1.807) is 0 Å². The van der Waals surface area contributed by atoms with Gasteiger partial charge in [-0.25, -0.2) is 4.79 Å². The summed E-state index contributed by atoms with van der Waals surface area (Å²) in [5.74, 6) is -0.680. The Kier molecular flexibility index (Phi) is 3.80. The number of carbonyl (C=O) groups excluding carboxylic acids is 1. The molecule has 1 saturated heterocycles. The zero-order valence-electron chi connectivity index (χ0n) is 14.3. The lowest BCUT2D eigenvalue weighted by atomic mass is 9.41. The molecule has 0 radical (unpaired) electrons. The van der Waals surface area contributed by atoms with Gasteiger partial charge in [-0.2, -0.15) is 0 Å². The minimum atomic E-state index is -1.02. The van der Waals surface area contributed by atoms with Crippen molar-refractivity contribution in [3.63, 3.8) is 0 Å². The van der Waals surface area contributed by atoms with Gasteiger partial charge in [-0.05, 0) is 50.3 Å². The van der Waals surface area contributed by atoms with Crippen LogP contribution in [-0.4, -0.2) is 41.3 Å². The van der Waals surface area contributed by atoms with Gasteiger partial charge in [0, 0.05) is 6.92 Å². The van der Waals surface area contributed by atoms with E-state index >= 15 is 0 Å². The van der Waals surface area contributed by atoms with E-state index in [0.717, 1.165) is 19.3 Å². The Labute approximate surface area is 137 Å². The molecule has 4 fully saturated rings. The van der Waals surface area contributed by atoms with Crippen LogP contribution in [0.3, 0.4) is 0 Å². The van der Waals surface area contributed by atoms with Gasteiger partial charge in [-0.1, -0.05) is 13.8 Å². The quantitative estimate of drug-likeness (QED) is 0.754. The molecular weight excluding hydrogens is 297 g/mol. The molecule has 3 aliphatic carbocycles. The first-order valence-electron chi connectivity index (χ1n) is 8.47. The molecule has 2 bridgehead atoms. The van der Waals surface area contributed by atoms with Crippen molar-refractivity contribution in [3.05, 3.63) is 0 Å². The average molecular weight is 323 g/mol. The second-order valence-corrected chi connectivity index (χ2v) is 8.05. The summed E-state index contributed by atoms with van der Waals surface area (Å²) >= 11 is 0. The molecule has 23 heavy (non-hydrogen) atoms. The fourth-order valence-corrected chi connectivity index (χ4v) is 5.02. The molecule has 4 atom stereocenters. The summed E-state index contributed by atoms with van der Waals surface area (Å²) in [6.45, 7) is 7.96. The molecule has 1 amide bonds. The maximum absolute atomic E-state index is 11.2. The van der Waals surface area contributed by atoms with Gasteiger partial charge in [0.2, 0.25) is 5.91 Å². The fourth-order valence-electron chi connectivity index (χ4n) is 5.02. The van der Waals surface area contributed by atoms with E-state index in [2.05, 4.69) is 26.1 Å². The number of carboxylic acid groups (broad SMARTS) is 1. The zero-order valence-corrected chi connectivity index (χ0v) is 14.3. The molecule has 4 aliphatic rings. The van der Waals surface area contributed by atoms with Crippen LogP contribution in [0.25, 0.3) is 0 Å². The highest BCUT2D eigenvalue weighted by molar-refractivity contribution is 6.45. The molecule has 1 heterocycles. The van der Waals surface area contributed by atoms with Gasteiger partial charge < -0.3 is 19.7 Å². The van der Waals surface area contributed by atoms with Crippen LogP contribution in [0.2, 0.25) is 6.32 Å². The largest absolute Gasteiger partial charge is 0.480 e. The molecule has 0 aromatic carbocycles. The van der Waals surface area contributed by atoms with Crippen molar-refractivity contribution in [2.24, 2.45) is 11.3 Å². The molecule has 2 N–H and O–H groups in total. The van der Waals surface area contributed by atoms with Crippen LogP contribution in [0.5, 0.6) is 0 Å². The molecule has 128 valence electrons. The molecule has 7 heteroatoms. The van der Waals surface area contributed by atoms with Crippen LogP contribution >= 0.6 is 0 Å². The lowest BCUT2D eigenvalue weighted by Crippen LogP contribution is -2.73. The van der Waals surface area contributed by atoms with Gasteiger partial charge in [0.15, 0.2) is 0 Å². The molecule has 1 aliphatic heterocycles. The maximum Gasteiger partial charge on any atom is 0.457 e. The van der Waals surface area contributed by atoms with Crippen molar-refractivity contribution in [3.8, 4) is 0 Å². The van der Waals surface area contributed by atoms with E-state index in [1.807, 2.05) is 0 Å². The SMILES string of the molecule is CC(=O)N[C@@H](CCB1O[C@@]2(C)CCC3C[C@@]2(O1)C3(C)C)C(=O)O. The topological polar surface area (TPSA) is 84.9 Å². The highest BCUT2D eigenvalue weighted by Crippen LogP contribution is 2.70. The van der Waals surface area contributed by atoms with Gasteiger partial charge in [-0.3, -0.25) is 4.79 Å². The van der Waals surface area contributed by atoms with Crippen molar-refractivity contribution < 1.29 is 24.0 Å². The smallest absolute Gasteiger partial charge is 0.457 e. The molecule has 3 saturated carbocycles. The van der Waals surface area contributed by atoms with E-state index in [9.17, 15) is 14.7 Å². The highest BCUT2D eigenvalue weighted by atomic mass is 16.7. The first-order chi connectivity index (χ1) is 10.6. The Morgan fingerprint density at radius 3 is 2.57 bits per heavy atom. The summed E-state index contributed by atoms with van der Waals surface area (Å²) < 4.78 is 12.6. The second-order valence-electron chi connectivity index (χ2n) is 8.05. The molecular formula is C16H26BNO5. The summed E-state index contributed by atoms with van der Waals surface area (Å²) in [7, 11) is -0.395. The highest BCUT2D eigenvalue weighted by Gasteiger charge is 2.75. The Balaban J connectivity index is 1.66. The summed E-state index contributed by atoms with van der Waals surface area (Å²) in [6, 6.07) is -0.894. The lowest BCUT2D eigenvalue weighted by Gasteiger charge is -2.69. The number of hydrogen-bond acceptors (Lipinski definition) is 4. The summed E-state index contributed by atoms with van der Waals surface area (Å²) in [5.41, 5.74) is -0.443. The number of hydrogen-bond donors (Lipinski definition) is 2. The summed E-state index contributed by atoms with van der Waals surface area (Å²) in [6.07, 6.45) is 3.95. The summed E-state index contributed by atoms with van der Waals surface area (Å²) in [4.78, 5) is 22.3. The predicted octanol–water partition coefficient (Wildman–Crippen LogP) is 1.84. The molecule has 6 nitrogen and oxygen atoms in total. The van der Waals surface area contributed by atoms with Crippen LogP contribution in [0, 0.1) is 11.3 Å². The van der Waals surface area contributed by atoms with Crippen LogP contribution in [0.4, 0.5) is 0 Å². The number of carbonyl (C=O) groups is 2. The van der Waals surface area contributed by atoms with Crippen LogP contribution in [-0.2, 0) is 18.9 Å². The van der Waals surface area contributed by atoms with Crippen molar-refractivity contribution in [2.75, 3.05) is 0 Å². The number of carboxylic acids is 1. The predicted molar refractivity (Wildman–Crippen MR) is 84.8 cm³/mol. The Morgan fingerprint density at radius 1 is 1.35 bits per heavy atom. The Morgan fingerprint density at radius 2 is 2.04 bits per heavy atom. The van der Waals surface area contributed by atoms with Crippen molar-refractivity contribution in [1.29, 1.82) is 0 Å². The van der Waals surface area contributed by atoms with Crippen molar-refractivity contribution in [2.45, 2.75) is 76.9 Å². The molecule has 0 aromatic heterocycles. The summed E-state index contributed by atoms with van der Waals surface area (Å²) in [5, 5.41) is 11.7. The molecule has 1 spiro atoms. The number of fused-ring (bicyclic) bond motifs is 1. The van der Waals surface area contributed by atoms with Gasteiger partial charge in [0.1, 0.15) is 6.04 Å². The standard InChI is InChI=1S/C16H26BNO5/c1-10(19)18-12(13(20)21)6-8-17-22-15(4)7-5-11-9-16(15,23-17)14(11,2)3/h11-12H,5-9H2,1-4H3,(H,18,19)(H,20,21)/t11?,12-,15-,16+/m0/s1. The maximum atomic E-state index is 11.2. The number of amides is 1. The van der Waals surface area contributed by atoms with Gasteiger partial charge in [-0.15, -0.1) is 0 Å². The number of rotatable bonds is 5. The lowest BCUT2D eigenvalue weighted by molar-refractivity contribution is -0.257. The number of aliphatic carboxylic acids is 1. The normalized spacial score (nSPS) is 38.4. The van der Waals surface area contributed by atoms with E-state index in [1.165, 1.54) is 6.92 Å². The van der Waals surface area contributed by atoms with Crippen molar-refractivity contribution in [1.82, 2.24) is 5.32 Å². The molecule has 4 rings (SSSR count).